The van der Waals surface area contributed by atoms with Crippen molar-refractivity contribution < 1.29 is 23.2 Å². The molecule has 0 bridgehead atoms. The van der Waals surface area contributed by atoms with Crippen LogP contribution in [0.3, 0.4) is 0 Å². The van der Waals surface area contributed by atoms with Crippen LogP contribution in [-0.4, -0.2) is 48.3 Å². The number of hydrogen-bond acceptors (Lipinski definition) is 7. The van der Waals surface area contributed by atoms with Gasteiger partial charge in [-0.2, -0.15) is 4.98 Å². The van der Waals surface area contributed by atoms with Gasteiger partial charge in [0, 0.05) is 24.2 Å². The number of hydrogen-bond donors (Lipinski definition) is 1. The number of nitrogens with zero attached hydrogens (tertiary/aromatic N) is 3. The molecule has 1 aliphatic rings. The van der Waals surface area contributed by atoms with Crippen molar-refractivity contribution >= 4 is 23.2 Å². The van der Waals surface area contributed by atoms with Gasteiger partial charge in [0.1, 0.15) is 17.3 Å². The molecular formula is C23H24ClFN4O4. The minimum atomic E-state index is -0.324. The Hall–Kier alpha value is -3.17. The van der Waals surface area contributed by atoms with Gasteiger partial charge in [0.25, 0.3) is 0 Å². The highest BCUT2D eigenvalue weighted by molar-refractivity contribution is 6.32. The zero-order valence-corrected chi connectivity index (χ0v) is 19.1. The molecule has 1 amide bonds. The summed E-state index contributed by atoms with van der Waals surface area (Å²) in [5.41, 5.74) is 1.18. The number of likely N-dealkylation sites (tertiary alicyclic amines) is 1. The van der Waals surface area contributed by atoms with Gasteiger partial charge < -0.3 is 19.3 Å². The van der Waals surface area contributed by atoms with Crippen molar-refractivity contribution in [1.29, 1.82) is 0 Å². The number of nitrogens with one attached hydrogen (secondary N) is 1. The highest BCUT2D eigenvalue weighted by Crippen LogP contribution is 2.36. The van der Waals surface area contributed by atoms with Gasteiger partial charge in [-0.1, -0.05) is 16.8 Å². The maximum absolute atomic E-state index is 13.1. The molecule has 3 aromatic rings. The second-order valence-electron chi connectivity index (χ2n) is 7.77. The number of rotatable bonds is 7. The molecule has 174 valence electrons. The first-order valence-electron chi connectivity index (χ1n) is 10.5. The van der Waals surface area contributed by atoms with Crippen LogP contribution >= 0.6 is 11.6 Å². The highest BCUT2D eigenvalue weighted by Gasteiger charge is 2.28. The number of aromatic nitrogens is 2. The fraction of sp³-hybridized carbons (Fsp3) is 0.348. The molecule has 1 unspecified atom stereocenters. The lowest BCUT2D eigenvalue weighted by atomic mass is 9.97. The monoisotopic (exact) mass is 474 g/mol. The Balaban J connectivity index is 1.40. The molecule has 1 fully saturated rings. The SMILES string of the molecule is COc1cc(NC(=O)C2CCCN(Cc3nc(-c4ccc(F)cc4)no3)C2)c(OC)cc1Cl. The largest absolute Gasteiger partial charge is 0.495 e. The van der Waals surface area contributed by atoms with Crippen LogP contribution in [-0.2, 0) is 11.3 Å². The molecule has 1 aliphatic heterocycles. The van der Waals surface area contributed by atoms with E-state index in [2.05, 4.69) is 20.4 Å². The lowest BCUT2D eigenvalue weighted by Gasteiger charge is -2.31. The number of piperidine rings is 1. The summed E-state index contributed by atoms with van der Waals surface area (Å²) in [6.45, 7) is 1.79. The van der Waals surface area contributed by atoms with Crippen molar-refractivity contribution in [1.82, 2.24) is 15.0 Å². The lowest BCUT2D eigenvalue weighted by molar-refractivity contribution is -0.121. The summed E-state index contributed by atoms with van der Waals surface area (Å²) in [6.07, 6.45) is 1.62. The number of anilines is 1. The normalized spacial score (nSPS) is 16.4. The van der Waals surface area contributed by atoms with Gasteiger partial charge in [-0.15, -0.1) is 0 Å². The van der Waals surface area contributed by atoms with E-state index in [9.17, 15) is 9.18 Å². The fourth-order valence-corrected chi connectivity index (χ4v) is 4.06. The van der Waals surface area contributed by atoms with Crippen LogP contribution in [0.2, 0.25) is 5.02 Å². The first-order valence-corrected chi connectivity index (χ1v) is 10.9. The Kier molecular flexibility index (Phi) is 7.10. The van der Waals surface area contributed by atoms with Gasteiger partial charge in [-0.25, -0.2) is 4.39 Å². The lowest BCUT2D eigenvalue weighted by Crippen LogP contribution is -2.40. The number of ether oxygens (including phenoxy) is 2. The Bertz CT molecular complexity index is 1120. The number of halogens is 2. The number of benzene rings is 2. The first-order chi connectivity index (χ1) is 16.0. The van der Waals surface area contributed by atoms with Crippen molar-refractivity contribution in [2.45, 2.75) is 19.4 Å². The summed E-state index contributed by atoms with van der Waals surface area (Å²) in [5.74, 6) is 1.10. The Labute approximate surface area is 195 Å². The van der Waals surface area contributed by atoms with E-state index in [4.69, 9.17) is 25.6 Å². The van der Waals surface area contributed by atoms with Crippen LogP contribution in [0.1, 0.15) is 18.7 Å². The summed E-state index contributed by atoms with van der Waals surface area (Å²) in [7, 11) is 3.03. The molecular weight excluding hydrogens is 451 g/mol. The predicted octanol–water partition coefficient (Wildman–Crippen LogP) is 4.40. The molecule has 1 atom stereocenters. The predicted molar refractivity (Wildman–Crippen MR) is 121 cm³/mol. The van der Waals surface area contributed by atoms with Gasteiger partial charge in [0.05, 0.1) is 37.4 Å². The Morgan fingerprint density at radius 3 is 2.73 bits per heavy atom. The molecule has 0 aliphatic carbocycles. The van der Waals surface area contributed by atoms with Crippen LogP contribution in [0.5, 0.6) is 11.5 Å². The molecule has 8 nitrogen and oxygen atoms in total. The van der Waals surface area contributed by atoms with Crippen molar-refractivity contribution in [3.05, 3.63) is 53.1 Å². The van der Waals surface area contributed by atoms with Crippen molar-refractivity contribution in [2.24, 2.45) is 5.92 Å². The van der Waals surface area contributed by atoms with E-state index >= 15 is 0 Å². The van der Waals surface area contributed by atoms with Crippen molar-refractivity contribution in [3.63, 3.8) is 0 Å². The maximum atomic E-state index is 13.1. The third kappa shape index (κ3) is 5.43. The molecule has 4 rings (SSSR count). The third-order valence-corrected chi connectivity index (χ3v) is 5.83. The van der Waals surface area contributed by atoms with Crippen LogP contribution in [0.4, 0.5) is 10.1 Å². The van der Waals surface area contributed by atoms with Crippen molar-refractivity contribution in [3.8, 4) is 22.9 Å². The second kappa shape index (κ2) is 10.2. The van der Waals surface area contributed by atoms with E-state index in [1.807, 2.05) is 0 Å². The van der Waals surface area contributed by atoms with Crippen LogP contribution in [0.25, 0.3) is 11.4 Å². The maximum Gasteiger partial charge on any atom is 0.241 e. The van der Waals surface area contributed by atoms with Crippen molar-refractivity contribution in [2.75, 3.05) is 32.6 Å². The van der Waals surface area contributed by atoms with E-state index in [1.165, 1.54) is 26.4 Å². The topological polar surface area (TPSA) is 89.7 Å². The summed E-state index contributed by atoms with van der Waals surface area (Å²) in [5, 5.41) is 7.32. The molecule has 2 heterocycles. The van der Waals surface area contributed by atoms with Crippen LogP contribution in [0, 0.1) is 11.7 Å². The zero-order valence-electron chi connectivity index (χ0n) is 18.3. The quantitative estimate of drug-likeness (QED) is 0.543. The van der Waals surface area contributed by atoms with E-state index in [0.29, 0.717) is 52.6 Å². The van der Waals surface area contributed by atoms with E-state index < -0.39 is 0 Å². The first kappa shape index (κ1) is 23.0. The molecule has 0 saturated carbocycles. The summed E-state index contributed by atoms with van der Waals surface area (Å²) in [4.78, 5) is 19.5. The summed E-state index contributed by atoms with van der Waals surface area (Å²) >= 11 is 6.15. The smallest absolute Gasteiger partial charge is 0.241 e. The second-order valence-corrected chi connectivity index (χ2v) is 8.18. The highest BCUT2D eigenvalue weighted by atomic mass is 35.5. The van der Waals surface area contributed by atoms with E-state index in [0.717, 1.165) is 19.4 Å². The van der Waals surface area contributed by atoms with Gasteiger partial charge in [0.2, 0.25) is 17.6 Å². The van der Waals surface area contributed by atoms with Crippen LogP contribution < -0.4 is 14.8 Å². The molecule has 10 heteroatoms. The number of methoxy groups -OCH3 is 2. The molecule has 1 aromatic heterocycles. The van der Waals surface area contributed by atoms with Gasteiger partial charge in [-0.3, -0.25) is 9.69 Å². The molecule has 0 radical (unpaired) electrons. The van der Waals surface area contributed by atoms with Gasteiger partial charge >= 0.3 is 0 Å². The average Bonchev–Trinajstić information content (AvgIpc) is 3.28. The van der Waals surface area contributed by atoms with Gasteiger partial charge in [0.15, 0.2) is 0 Å². The molecule has 0 spiro atoms. The zero-order chi connectivity index (χ0) is 23.4. The number of carbonyl (C=O) groups excluding carboxylic acids is 1. The third-order valence-electron chi connectivity index (χ3n) is 5.54. The summed E-state index contributed by atoms with van der Waals surface area (Å²) in [6, 6.07) is 9.16. The molecule has 33 heavy (non-hydrogen) atoms. The van der Waals surface area contributed by atoms with E-state index in [1.54, 1.807) is 24.3 Å². The average molecular weight is 475 g/mol. The molecule has 1 N–H and O–H groups in total. The fourth-order valence-electron chi connectivity index (χ4n) is 3.83. The van der Waals surface area contributed by atoms with Gasteiger partial charge in [-0.05, 0) is 43.7 Å². The minimum Gasteiger partial charge on any atom is -0.495 e. The minimum absolute atomic E-state index is 0.111. The van der Waals surface area contributed by atoms with E-state index in [-0.39, 0.29) is 17.6 Å². The molecule has 2 aromatic carbocycles. The Morgan fingerprint density at radius 2 is 2.00 bits per heavy atom. The Morgan fingerprint density at radius 1 is 1.24 bits per heavy atom. The van der Waals surface area contributed by atoms with Crippen LogP contribution in [0.15, 0.2) is 40.9 Å². The number of amides is 1. The summed E-state index contributed by atoms with van der Waals surface area (Å²) < 4.78 is 29.1. The standard InChI is InChI=1S/C23H24ClFN4O4/c1-31-19-11-18(20(32-2)10-17(19)24)26-23(30)15-4-3-9-29(12-15)13-21-27-22(28-33-21)14-5-7-16(25)8-6-14/h5-8,10-11,15H,3-4,9,12-13H2,1-2H3,(H,26,30). The number of carbonyl (C=O) groups is 1. The molecule has 1 saturated heterocycles.